The van der Waals surface area contributed by atoms with Gasteiger partial charge in [-0.05, 0) is 32.0 Å². The Kier molecular flexibility index (Phi) is 7.54. The second-order valence-electron chi connectivity index (χ2n) is 7.00. The lowest BCUT2D eigenvalue weighted by molar-refractivity contribution is -0.431. The van der Waals surface area contributed by atoms with Crippen molar-refractivity contribution in [1.82, 2.24) is 10.3 Å². The molecule has 2 aromatic rings. The van der Waals surface area contributed by atoms with Gasteiger partial charge in [0, 0.05) is 23.9 Å². The van der Waals surface area contributed by atoms with Crippen molar-refractivity contribution >= 4 is 6.16 Å². The Morgan fingerprint density at radius 2 is 1.91 bits per heavy atom. The van der Waals surface area contributed by atoms with Gasteiger partial charge in [-0.15, -0.1) is 0 Å². The molecule has 0 fully saturated rings. The number of nitrogens with one attached hydrogen (secondary N) is 1. The van der Waals surface area contributed by atoms with Crippen LogP contribution in [0.4, 0.5) is 13.6 Å². The molecule has 1 aromatic carbocycles. The molecule has 11 heteroatoms. The van der Waals surface area contributed by atoms with E-state index in [9.17, 15) is 23.7 Å². The standard InChI is InChI=1S/C22H21F2N3O6/c1-13-19(27(29)30)18(16-8-3-4-9-17(16)32-21(23)24)20(14(2)26-13)33-22(28)31-12-10-15-7-5-6-11-25-15/h3-9,11,18,21,26H,10,12H2,1-2H3. The normalized spacial score (nSPS) is 15.8. The SMILES string of the molecule is CC1=C(OC(=O)OCCc2ccccn2)C(c2ccccc2OC(F)F)C([N+](=O)[O-])=C(C)N1. The number of nitro groups is 1. The van der Waals surface area contributed by atoms with Gasteiger partial charge in [0.15, 0.2) is 0 Å². The number of ether oxygens (including phenoxy) is 3. The fourth-order valence-corrected chi connectivity index (χ4v) is 3.46. The summed E-state index contributed by atoms with van der Waals surface area (Å²) in [7, 11) is 0. The summed E-state index contributed by atoms with van der Waals surface area (Å²) in [6.07, 6.45) is 0.841. The number of alkyl halides is 2. The Balaban J connectivity index is 1.88. The number of allylic oxidation sites excluding steroid dienone is 2. The van der Waals surface area contributed by atoms with E-state index in [0.29, 0.717) is 12.1 Å². The second kappa shape index (κ2) is 10.5. The molecule has 174 valence electrons. The fourth-order valence-electron chi connectivity index (χ4n) is 3.46. The van der Waals surface area contributed by atoms with Gasteiger partial charge in [-0.2, -0.15) is 8.78 Å². The summed E-state index contributed by atoms with van der Waals surface area (Å²) in [5, 5.41) is 14.7. The van der Waals surface area contributed by atoms with Crippen LogP contribution < -0.4 is 10.1 Å². The summed E-state index contributed by atoms with van der Waals surface area (Å²) in [5.74, 6) is -1.72. The molecule has 0 amide bonds. The molecule has 0 bridgehead atoms. The van der Waals surface area contributed by atoms with Crippen LogP contribution in [0.5, 0.6) is 5.75 Å². The van der Waals surface area contributed by atoms with E-state index in [2.05, 4.69) is 15.0 Å². The molecule has 0 saturated carbocycles. The third-order valence-corrected chi connectivity index (χ3v) is 4.80. The number of benzene rings is 1. The van der Waals surface area contributed by atoms with Gasteiger partial charge >= 0.3 is 12.8 Å². The lowest BCUT2D eigenvalue weighted by atomic mass is 9.89. The summed E-state index contributed by atoms with van der Waals surface area (Å²) in [5.41, 5.74) is 0.829. The number of hydrogen-bond acceptors (Lipinski definition) is 8. The highest BCUT2D eigenvalue weighted by Gasteiger charge is 2.41. The number of halogens is 2. The molecular formula is C22H21F2N3O6. The number of para-hydroxylation sites is 1. The Bertz CT molecular complexity index is 1090. The summed E-state index contributed by atoms with van der Waals surface area (Å²) in [4.78, 5) is 27.7. The maximum atomic E-state index is 13.0. The lowest BCUT2D eigenvalue weighted by Crippen LogP contribution is -2.30. The van der Waals surface area contributed by atoms with E-state index in [1.807, 2.05) is 0 Å². The zero-order valence-corrected chi connectivity index (χ0v) is 17.8. The number of pyridine rings is 1. The maximum absolute atomic E-state index is 13.0. The zero-order chi connectivity index (χ0) is 24.0. The quantitative estimate of drug-likeness (QED) is 0.347. The molecule has 1 N–H and O–H groups in total. The number of carbonyl (C=O) groups is 1. The maximum Gasteiger partial charge on any atom is 0.513 e. The van der Waals surface area contributed by atoms with Crippen molar-refractivity contribution in [1.29, 1.82) is 0 Å². The van der Waals surface area contributed by atoms with Crippen molar-refractivity contribution in [2.75, 3.05) is 6.61 Å². The first-order valence-corrected chi connectivity index (χ1v) is 9.89. The smallest absolute Gasteiger partial charge is 0.435 e. The molecule has 1 atom stereocenters. The largest absolute Gasteiger partial charge is 0.513 e. The molecule has 1 unspecified atom stereocenters. The predicted octanol–water partition coefficient (Wildman–Crippen LogP) is 4.51. The molecule has 1 aliphatic rings. The van der Waals surface area contributed by atoms with Gasteiger partial charge in [0.2, 0.25) is 0 Å². The minimum absolute atomic E-state index is 0.0394. The van der Waals surface area contributed by atoms with Crippen molar-refractivity contribution < 1.29 is 32.7 Å². The second-order valence-corrected chi connectivity index (χ2v) is 7.00. The van der Waals surface area contributed by atoms with Crippen molar-refractivity contribution in [3.8, 4) is 5.75 Å². The number of nitrogens with zero attached hydrogens (tertiary/aromatic N) is 2. The van der Waals surface area contributed by atoms with E-state index in [1.54, 1.807) is 31.3 Å². The average Bonchev–Trinajstić information content (AvgIpc) is 2.76. The van der Waals surface area contributed by atoms with Crippen LogP contribution in [0.2, 0.25) is 0 Å². The summed E-state index contributed by atoms with van der Waals surface area (Å²) in [6.45, 7) is -0.182. The van der Waals surface area contributed by atoms with Gasteiger partial charge in [-0.3, -0.25) is 15.1 Å². The third-order valence-electron chi connectivity index (χ3n) is 4.80. The van der Waals surface area contributed by atoms with Crippen LogP contribution in [0.3, 0.4) is 0 Å². The van der Waals surface area contributed by atoms with E-state index in [-0.39, 0.29) is 40.8 Å². The molecule has 2 heterocycles. The molecule has 0 radical (unpaired) electrons. The topological polar surface area (TPSA) is 113 Å². The van der Waals surface area contributed by atoms with E-state index in [4.69, 9.17) is 9.47 Å². The number of aromatic nitrogens is 1. The van der Waals surface area contributed by atoms with Crippen molar-refractivity contribution in [2.24, 2.45) is 0 Å². The van der Waals surface area contributed by atoms with Crippen LogP contribution in [0.25, 0.3) is 0 Å². The highest BCUT2D eigenvalue weighted by molar-refractivity contribution is 5.63. The van der Waals surface area contributed by atoms with Gasteiger partial charge in [0.05, 0.1) is 16.3 Å². The zero-order valence-electron chi connectivity index (χ0n) is 17.8. The lowest BCUT2D eigenvalue weighted by Gasteiger charge is -2.27. The van der Waals surface area contributed by atoms with E-state index < -0.39 is 23.6 Å². The van der Waals surface area contributed by atoms with E-state index in [1.165, 1.54) is 31.2 Å². The van der Waals surface area contributed by atoms with E-state index in [0.717, 1.165) is 0 Å². The monoisotopic (exact) mass is 461 g/mol. The number of carbonyl (C=O) groups excluding carboxylic acids is 1. The van der Waals surface area contributed by atoms with Crippen molar-refractivity contribution in [3.05, 3.63) is 92.9 Å². The first-order chi connectivity index (χ1) is 15.8. The molecule has 0 aliphatic carbocycles. The minimum Gasteiger partial charge on any atom is -0.435 e. The minimum atomic E-state index is -3.15. The van der Waals surface area contributed by atoms with Crippen LogP contribution in [-0.4, -0.2) is 29.3 Å². The highest BCUT2D eigenvalue weighted by Crippen LogP contribution is 2.42. The molecule has 0 spiro atoms. The van der Waals surface area contributed by atoms with Crippen molar-refractivity contribution in [3.63, 3.8) is 0 Å². The number of rotatable bonds is 8. The van der Waals surface area contributed by atoms with Crippen LogP contribution >= 0.6 is 0 Å². The Morgan fingerprint density at radius 1 is 1.18 bits per heavy atom. The predicted molar refractivity (Wildman–Crippen MR) is 112 cm³/mol. The fraction of sp³-hybridized carbons (Fsp3) is 0.273. The van der Waals surface area contributed by atoms with Gasteiger partial charge in [-0.25, -0.2) is 4.79 Å². The molecule has 3 rings (SSSR count). The van der Waals surface area contributed by atoms with Gasteiger partial charge < -0.3 is 19.5 Å². The van der Waals surface area contributed by atoms with Crippen LogP contribution in [0.1, 0.15) is 31.0 Å². The van der Waals surface area contributed by atoms with Crippen LogP contribution in [0.15, 0.2) is 71.5 Å². The molecule has 1 aliphatic heterocycles. The van der Waals surface area contributed by atoms with Crippen LogP contribution in [-0.2, 0) is 15.9 Å². The number of dihydropyridines is 1. The van der Waals surface area contributed by atoms with Gasteiger partial charge in [0.25, 0.3) is 5.70 Å². The molecule has 33 heavy (non-hydrogen) atoms. The average molecular weight is 461 g/mol. The summed E-state index contributed by atoms with van der Waals surface area (Å²) >= 11 is 0. The molecule has 1 aromatic heterocycles. The number of hydrogen-bond donors (Lipinski definition) is 1. The Hall–Kier alpha value is -4.02. The summed E-state index contributed by atoms with van der Waals surface area (Å²) < 4.78 is 40.9. The summed E-state index contributed by atoms with van der Waals surface area (Å²) in [6, 6.07) is 10.9. The molecular weight excluding hydrogens is 440 g/mol. The first-order valence-electron chi connectivity index (χ1n) is 9.89. The highest BCUT2D eigenvalue weighted by atomic mass is 19.3. The first kappa shape index (κ1) is 23.6. The molecule has 0 saturated heterocycles. The van der Waals surface area contributed by atoms with Gasteiger partial charge in [0.1, 0.15) is 24.0 Å². The Labute approximate surface area is 187 Å². The van der Waals surface area contributed by atoms with Crippen LogP contribution in [0, 0.1) is 10.1 Å². The Morgan fingerprint density at radius 3 is 2.58 bits per heavy atom. The third kappa shape index (κ3) is 5.82. The van der Waals surface area contributed by atoms with Gasteiger partial charge in [-0.1, -0.05) is 24.3 Å². The molecule has 9 nitrogen and oxygen atoms in total. The van der Waals surface area contributed by atoms with Crippen molar-refractivity contribution in [2.45, 2.75) is 32.8 Å². The van der Waals surface area contributed by atoms with E-state index >= 15 is 0 Å².